The highest BCUT2D eigenvalue weighted by Gasteiger charge is 2.48. The topological polar surface area (TPSA) is 57.4 Å². The Kier molecular flexibility index (Phi) is 5.82. The largest absolute Gasteiger partial charge is 0.418 e. The lowest BCUT2D eigenvalue weighted by atomic mass is 9.71. The Balaban J connectivity index is 1.26. The van der Waals surface area contributed by atoms with E-state index in [4.69, 9.17) is 0 Å². The van der Waals surface area contributed by atoms with Crippen molar-refractivity contribution in [3.8, 4) is 5.69 Å². The molecular formula is C28H29F3N6OS+. The van der Waals surface area contributed by atoms with E-state index in [-0.39, 0.29) is 11.4 Å². The number of azo groups is 1. The van der Waals surface area contributed by atoms with E-state index in [0.717, 1.165) is 60.0 Å². The maximum absolute atomic E-state index is 14.2. The zero-order valence-electron chi connectivity index (χ0n) is 21.6. The second kappa shape index (κ2) is 9.05. The Hall–Kier alpha value is -2.92. The van der Waals surface area contributed by atoms with Crippen molar-refractivity contribution in [1.29, 1.82) is 0 Å². The molecule has 1 aromatic carbocycles. The van der Waals surface area contributed by atoms with E-state index in [2.05, 4.69) is 15.1 Å². The van der Waals surface area contributed by atoms with E-state index in [0.29, 0.717) is 29.1 Å². The van der Waals surface area contributed by atoms with Gasteiger partial charge in [0.1, 0.15) is 0 Å². The van der Waals surface area contributed by atoms with Gasteiger partial charge in [-0.25, -0.2) is 9.37 Å². The van der Waals surface area contributed by atoms with Gasteiger partial charge in [-0.2, -0.15) is 24.9 Å². The maximum atomic E-state index is 14.2. The summed E-state index contributed by atoms with van der Waals surface area (Å²) >= 11 is 1.92. The molecule has 11 heteroatoms. The van der Waals surface area contributed by atoms with Gasteiger partial charge in [-0.05, 0) is 53.2 Å². The van der Waals surface area contributed by atoms with E-state index in [1.165, 1.54) is 16.8 Å². The number of hydrogen-bond donors (Lipinski definition) is 0. The molecule has 2 aromatic heterocycles. The van der Waals surface area contributed by atoms with Crippen LogP contribution < -0.4 is 5.69 Å². The summed E-state index contributed by atoms with van der Waals surface area (Å²) in [6.07, 6.45) is 4.15. The second-order valence-electron chi connectivity index (χ2n) is 11.5. The molecule has 0 bridgehead atoms. The Morgan fingerprint density at radius 2 is 1.97 bits per heavy atom. The zero-order chi connectivity index (χ0) is 26.9. The summed E-state index contributed by atoms with van der Waals surface area (Å²) in [5.74, 6) is 2.66. The molecular weight excluding hydrogens is 525 g/mol. The zero-order valence-corrected chi connectivity index (χ0v) is 22.4. The molecule has 7 nitrogen and oxygen atoms in total. The first kappa shape index (κ1) is 25.1. The fourth-order valence-corrected chi connectivity index (χ4v) is 7.58. The second-order valence-corrected chi connectivity index (χ2v) is 12.5. The monoisotopic (exact) mass is 554 g/mol. The fraction of sp³-hybridized carbons (Fsp3) is 0.464. The van der Waals surface area contributed by atoms with Crippen molar-refractivity contribution in [1.82, 2.24) is 13.9 Å². The van der Waals surface area contributed by atoms with Crippen molar-refractivity contribution in [2.45, 2.75) is 37.9 Å². The molecule has 203 valence electrons. The van der Waals surface area contributed by atoms with E-state index in [9.17, 15) is 18.0 Å². The molecule has 2 saturated heterocycles. The molecule has 5 heterocycles. The summed E-state index contributed by atoms with van der Waals surface area (Å²) in [5.41, 5.74) is 0.924. The molecule has 0 unspecified atom stereocenters. The smallest absolute Gasteiger partial charge is 0.298 e. The summed E-state index contributed by atoms with van der Waals surface area (Å²) < 4.78 is 47.0. The van der Waals surface area contributed by atoms with Crippen molar-refractivity contribution in [2.75, 3.05) is 31.6 Å². The summed E-state index contributed by atoms with van der Waals surface area (Å²) in [7, 11) is 1.91. The van der Waals surface area contributed by atoms with Gasteiger partial charge in [0.2, 0.25) is 0 Å². The van der Waals surface area contributed by atoms with Crippen LogP contribution >= 0.6 is 11.8 Å². The number of likely N-dealkylation sites (N-methyl/N-ethyl adjacent to an activating group) is 1. The number of halogens is 3. The van der Waals surface area contributed by atoms with Crippen LogP contribution in [0.3, 0.4) is 0 Å². The first-order valence-electron chi connectivity index (χ1n) is 13.3. The molecule has 1 aliphatic carbocycles. The number of benzene rings is 1. The highest BCUT2D eigenvalue weighted by Crippen LogP contribution is 2.47. The molecule has 1 radical (unpaired) electrons. The molecule has 4 aliphatic rings. The Morgan fingerprint density at radius 1 is 1.18 bits per heavy atom. The van der Waals surface area contributed by atoms with Crippen molar-refractivity contribution in [3.05, 3.63) is 76.1 Å². The molecule has 3 aromatic rings. The van der Waals surface area contributed by atoms with Crippen LogP contribution in [0.25, 0.3) is 11.2 Å². The Labute approximate surface area is 228 Å². The van der Waals surface area contributed by atoms with Crippen molar-refractivity contribution < 1.29 is 17.7 Å². The minimum Gasteiger partial charge on any atom is -0.298 e. The van der Waals surface area contributed by atoms with Gasteiger partial charge in [0.15, 0.2) is 0 Å². The third-order valence-corrected chi connectivity index (χ3v) is 10.3. The molecule has 3 fully saturated rings. The van der Waals surface area contributed by atoms with E-state index >= 15 is 0 Å². The number of imidazole rings is 1. The summed E-state index contributed by atoms with van der Waals surface area (Å²) in [4.78, 5) is 15.7. The van der Waals surface area contributed by atoms with Gasteiger partial charge < -0.3 is 0 Å². The van der Waals surface area contributed by atoms with Gasteiger partial charge in [-0.1, -0.05) is 18.6 Å². The first-order chi connectivity index (χ1) is 18.7. The Morgan fingerprint density at radius 3 is 2.59 bits per heavy atom. The fourth-order valence-electron chi connectivity index (χ4n) is 6.44. The minimum atomic E-state index is -4.58. The van der Waals surface area contributed by atoms with Gasteiger partial charge in [-0.15, -0.1) is 0 Å². The first-order valence-corrected chi connectivity index (χ1v) is 14.4. The van der Waals surface area contributed by atoms with Crippen LogP contribution in [-0.2, 0) is 12.7 Å². The molecule has 1 saturated carbocycles. The number of thioether (sulfide) groups is 1. The van der Waals surface area contributed by atoms with Crippen LogP contribution in [0.5, 0.6) is 0 Å². The summed E-state index contributed by atoms with van der Waals surface area (Å²) in [6, 6.07) is 8.74. The standard InChI is InChI=1S/C28H29F3N6OS/c1-34-17-32-33-25(34)24(19-4-2-5-19)20-6-3-7-21(9-20)36-12-23-22(28(29,30)31)8-18(11-37(23)26(36)38)10-35-13-27(14-35)15-39-16-27/h3,6-9,11-12,17,19,24H,2,4-5,10,13-16H2,1H3/q+1/t24-/m1/s1. The lowest BCUT2D eigenvalue weighted by molar-refractivity contribution is -0.480. The van der Waals surface area contributed by atoms with Crippen LogP contribution in [0, 0.1) is 17.5 Å². The average molecular weight is 555 g/mol. The third kappa shape index (κ3) is 4.25. The molecule has 1 spiro atoms. The number of fused-ring (bicyclic) bond motifs is 1. The third-order valence-electron chi connectivity index (χ3n) is 8.62. The van der Waals surface area contributed by atoms with Crippen LogP contribution in [0.1, 0.15) is 41.9 Å². The SMILES string of the molecule is C[N+]1=CN=N[C]1[C@@H](c1cccc(-n2cc3c(C(F)(F)F)cc(CN4CC5(CSC5)C4)cn3c2=O)c1)C1CCC1. The van der Waals surface area contributed by atoms with Gasteiger partial charge in [0.05, 0.1) is 34.8 Å². The van der Waals surface area contributed by atoms with Gasteiger partial charge in [0, 0.05) is 48.9 Å². The normalized spacial score (nSPS) is 22.1. The van der Waals surface area contributed by atoms with Crippen molar-refractivity contribution in [3.63, 3.8) is 0 Å². The van der Waals surface area contributed by atoms with Crippen molar-refractivity contribution in [2.24, 2.45) is 21.6 Å². The van der Waals surface area contributed by atoms with Crippen LogP contribution in [0.15, 0.2) is 57.7 Å². The van der Waals surface area contributed by atoms with Crippen LogP contribution in [-0.4, -0.2) is 56.4 Å². The van der Waals surface area contributed by atoms with Crippen LogP contribution in [0.4, 0.5) is 13.2 Å². The number of nitrogens with zero attached hydrogens (tertiary/aromatic N) is 6. The van der Waals surface area contributed by atoms with Gasteiger partial charge in [0.25, 0.3) is 0 Å². The predicted octanol–water partition coefficient (Wildman–Crippen LogP) is 5.17. The number of alkyl halides is 3. The molecule has 0 N–H and O–H groups in total. The van der Waals surface area contributed by atoms with E-state index in [1.54, 1.807) is 18.6 Å². The summed E-state index contributed by atoms with van der Waals surface area (Å²) in [5, 5.41) is 8.43. The van der Waals surface area contributed by atoms with Gasteiger partial charge in [-0.3, -0.25) is 13.9 Å². The molecule has 1 atom stereocenters. The molecule has 0 amide bonds. The maximum Gasteiger partial charge on any atom is 0.418 e. The lowest BCUT2D eigenvalue weighted by Crippen LogP contribution is -2.62. The minimum absolute atomic E-state index is 0.00478. The number of aromatic nitrogens is 2. The molecule has 7 rings (SSSR count). The summed E-state index contributed by atoms with van der Waals surface area (Å²) in [6.45, 7) is 2.20. The number of rotatable bonds is 6. The number of likely N-dealkylation sites (tertiary alicyclic amines) is 1. The van der Waals surface area contributed by atoms with E-state index in [1.807, 2.05) is 41.6 Å². The van der Waals surface area contributed by atoms with Crippen LogP contribution in [0.2, 0.25) is 0 Å². The number of pyridine rings is 1. The number of hydrogen-bond acceptors (Lipinski definition) is 5. The van der Waals surface area contributed by atoms with E-state index < -0.39 is 17.4 Å². The molecule has 39 heavy (non-hydrogen) atoms. The predicted molar refractivity (Wildman–Crippen MR) is 143 cm³/mol. The lowest BCUT2D eigenvalue weighted by Gasteiger charge is -2.55. The quantitative estimate of drug-likeness (QED) is 0.395. The average Bonchev–Trinajstić information content (AvgIpc) is 3.39. The Bertz CT molecular complexity index is 1560. The van der Waals surface area contributed by atoms with Crippen molar-refractivity contribution >= 4 is 23.6 Å². The highest BCUT2D eigenvalue weighted by molar-refractivity contribution is 8.00. The highest BCUT2D eigenvalue weighted by atomic mass is 32.2. The van der Waals surface area contributed by atoms with Gasteiger partial charge >= 0.3 is 24.4 Å². The molecule has 3 aliphatic heterocycles.